The molecule has 156 valence electrons. The van der Waals surface area contributed by atoms with Gasteiger partial charge in [-0.05, 0) is 34.5 Å². The first kappa shape index (κ1) is 21.4. The highest BCUT2D eigenvalue weighted by atomic mass is 79.9. The summed E-state index contributed by atoms with van der Waals surface area (Å²) in [5, 5.41) is 3.47. The van der Waals surface area contributed by atoms with Crippen molar-refractivity contribution >= 4 is 39.3 Å². The van der Waals surface area contributed by atoms with E-state index in [4.69, 9.17) is 4.98 Å². The number of benzene rings is 3. The van der Waals surface area contributed by atoms with Gasteiger partial charge in [-0.2, -0.15) is 0 Å². The fourth-order valence-corrected chi connectivity index (χ4v) is 4.55. The number of carbonyl (C=O) groups is 1. The number of imidazole rings is 1. The Bertz CT molecular complexity index is 1100. The molecule has 4 rings (SSSR count). The molecule has 0 aliphatic carbocycles. The van der Waals surface area contributed by atoms with Crippen molar-refractivity contribution in [1.82, 2.24) is 9.97 Å². The summed E-state index contributed by atoms with van der Waals surface area (Å²) < 4.78 is 0.860. The minimum Gasteiger partial charge on any atom is -0.332 e. The first-order chi connectivity index (χ1) is 15.2. The first-order valence-corrected chi connectivity index (χ1v) is 11.8. The quantitative estimate of drug-likeness (QED) is 0.273. The number of para-hydroxylation sites is 1. The Morgan fingerprint density at radius 2 is 1.58 bits per heavy atom. The maximum atomic E-state index is 12.9. The van der Waals surface area contributed by atoms with Gasteiger partial charge in [-0.1, -0.05) is 91.5 Å². The van der Waals surface area contributed by atoms with E-state index in [9.17, 15) is 4.79 Å². The standard InChI is InChI=1S/C25H22BrN3OS/c1-2-21(24(30)27-20-16-10-9-15-19(20)26)31-25-28-22(17-11-5-3-6-12-17)23(29-25)18-13-7-4-8-14-18/h3-16,21H,2H2,1H3,(H,27,30)(H,28,29). The zero-order chi connectivity index (χ0) is 21.6. The van der Waals surface area contributed by atoms with Crippen LogP contribution in [0.3, 0.4) is 0 Å². The number of aromatic amines is 1. The van der Waals surface area contributed by atoms with Gasteiger partial charge in [-0.15, -0.1) is 0 Å². The van der Waals surface area contributed by atoms with Crippen molar-refractivity contribution in [3.8, 4) is 22.5 Å². The largest absolute Gasteiger partial charge is 0.332 e. The lowest BCUT2D eigenvalue weighted by molar-refractivity contribution is -0.115. The van der Waals surface area contributed by atoms with E-state index in [2.05, 4.69) is 38.4 Å². The van der Waals surface area contributed by atoms with Crippen molar-refractivity contribution in [3.05, 3.63) is 89.4 Å². The molecule has 4 nitrogen and oxygen atoms in total. The topological polar surface area (TPSA) is 57.8 Å². The molecule has 2 N–H and O–H groups in total. The Balaban J connectivity index is 1.62. The number of anilines is 1. The van der Waals surface area contributed by atoms with Crippen molar-refractivity contribution in [2.75, 3.05) is 5.32 Å². The van der Waals surface area contributed by atoms with Gasteiger partial charge in [0, 0.05) is 15.6 Å². The Hall–Kier alpha value is -2.83. The molecule has 1 amide bonds. The normalized spacial score (nSPS) is 11.8. The first-order valence-electron chi connectivity index (χ1n) is 10.1. The molecule has 1 aromatic heterocycles. The number of hydrogen-bond acceptors (Lipinski definition) is 3. The summed E-state index contributed by atoms with van der Waals surface area (Å²) in [6, 6.07) is 27.9. The van der Waals surface area contributed by atoms with Crippen LogP contribution in [0.2, 0.25) is 0 Å². The van der Waals surface area contributed by atoms with Crippen molar-refractivity contribution in [2.24, 2.45) is 0 Å². The summed E-state index contributed by atoms with van der Waals surface area (Å²) in [4.78, 5) is 21.3. The van der Waals surface area contributed by atoms with Crippen LogP contribution in [0.5, 0.6) is 0 Å². The maximum absolute atomic E-state index is 12.9. The Morgan fingerprint density at radius 1 is 0.968 bits per heavy atom. The van der Waals surface area contributed by atoms with E-state index < -0.39 is 0 Å². The van der Waals surface area contributed by atoms with Crippen molar-refractivity contribution < 1.29 is 4.79 Å². The van der Waals surface area contributed by atoms with Gasteiger partial charge < -0.3 is 10.3 Å². The molecule has 0 saturated carbocycles. The molecule has 0 aliphatic rings. The molecule has 0 fully saturated rings. The molecule has 4 aromatic rings. The van der Waals surface area contributed by atoms with E-state index >= 15 is 0 Å². The molecule has 0 bridgehead atoms. The third kappa shape index (κ3) is 5.09. The molecule has 0 aliphatic heterocycles. The van der Waals surface area contributed by atoms with Gasteiger partial charge in [0.1, 0.15) is 0 Å². The minimum absolute atomic E-state index is 0.0432. The van der Waals surface area contributed by atoms with Crippen LogP contribution in [0, 0.1) is 0 Å². The molecule has 3 aromatic carbocycles. The molecular weight excluding hydrogens is 470 g/mol. The molecule has 31 heavy (non-hydrogen) atoms. The van der Waals surface area contributed by atoms with Crippen molar-refractivity contribution in [3.63, 3.8) is 0 Å². The van der Waals surface area contributed by atoms with E-state index in [1.165, 1.54) is 11.8 Å². The van der Waals surface area contributed by atoms with E-state index in [1.807, 2.05) is 79.7 Å². The summed E-state index contributed by atoms with van der Waals surface area (Å²) in [5.41, 5.74) is 4.70. The summed E-state index contributed by atoms with van der Waals surface area (Å²) in [7, 11) is 0. The van der Waals surface area contributed by atoms with Crippen LogP contribution in [-0.4, -0.2) is 21.1 Å². The molecular formula is C25H22BrN3OS. The number of halogens is 1. The molecule has 0 spiro atoms. The van der Waals surface area contributed by atoms with E-state index in [0.29, 0.717) is 6.42 Å². The fraction of sp³-hybridized carbons (Fsp3) is 0.120. The predicted octanol–water partition coefficient (Wildman–Crippen LogP) is 7.02. The van der Waals surface area contributed by atoms with Crippen LogP contribution >= 0.6 is 27.7 Å². The van der Waals surface area contributed by atoms with Crippen molar-refractivity contribution in [1.29, 1.82) is 0 Å². The Labute approximate surface area is 194 Å². The highest BCUT2D eigenvalue weighted by molar-refractivity contribution is 9.10. The predicted molar refractivity (Wildman–Crippen MR) is 132 cm³/mol. The van der Waals surface area contributed by atoms with Crippen LogP contribution < -0.4 is 5.32 Å². The summed E-state index contributed by atoms with van der Waals surface area (Å²) in [5.74, 6) is -0.0432. The molecule has 0 radical (unpaired) electrons. The summed E-state index contributed by atoms with van der Waals surface area (Å²) >= 11 is 4.94. The van der Waals surface area contributed by atoms with Gasteiger partial charge in [-0.3, -0.25) is 4.79 Å². The highest BCUT2D eigenvalue weighted by Gasteiger charge is 2.22. The number of carbonyl (C=O) groups excluding carboxylic acids is 1. The van der Waals surface area contributed by atoms with Crippen LogP contribution in [0.15, 0.2) is 94.6 Å². The number of nitrogens with one attached hydrogen (secondary N) is 2. The van der Waals surface area contributed by atoms with Gasteiger partial charge in [0.05, 0.1) is 22.3 Å². The van der Waals surface area contributed by atoms with Gasteiger partial charge >= 0.3 is 0 Å². The smallest absolute Gasteiger partial charge is 0.237 e. The number of rotatable bonds is 7. The minimum atomic E-state index is -0.273. The van der Waals surface area contributed by atoms with Crippen LogP contribution in [-0.2, 0) is 4.79 Å². The zero-order valence-corrected chi connectivity index (χ0v) is 19.4. The van der Waals surface area contributed by atoms with Gasteiger partial charge in [0.2, 0.25) is 5.91 Å². The maximum Gasteiger partial charge on any atom is 0.237 e. The van der Waals surface area contributed by atoms with Gasteiger partial charge in [0.15, 0.2) is 5.16 Å². The van der Waals surface area contributed by atoms with Crippen LogP contribution in [0.25, 0.3) is 22.5 Å². The molecule has 1 atom stereocenters. The van der Waals surface area contributed by atoms with Crippen LogP contribution in [0.1, 0.15) is 13.3 Å². The molecule has 1 unspecified atom stereocenters. The average molecular weight is 492 g/mol. The average Bonchev–Trinajstić information content (AvgIpc) is 3.24. The lowest BCUT2D eigenvalue weighted by Gasteiger charge is -2.14. The molecule has 6 heteroatoms. The Morgan fingerprint density at radius 3 is 2.23 bits per heavy atom. The SMILES string of the molecule is CCC(Sc1nc(-c2ccccc2)c(-c2ccccc2)[nH]1)C(=O)Nc1ccccc1Br. The van der Waals surface area contributed by atoms with Gasteiger partial charge in [0.25, 0.3) is 0 Å². The van der Waals surface area contributed by atoms with E-state index in [0.717, 1.165) is 37.8 Å². The lowest BCUT2D eigenvalue weighted by atomic mass is 10.1. The third-order valence-corrected chi connectivity index (χ3v) is 6.78. The monoisotopic (exact) mass is 491 g/mol. The second-order valence-electron chi connectivity index (χ2n) is 6.98. The number of thioether (sulfide) groups is 1. The van der Waals surface area contributed by atoms with Crippen molar-refractivity contribution in [2.45, 2.75) is 23.8 Å². The molecule has 0 saturated heterocycles. The number of amides is 1. The number of aromatic nitrogens is 2. The van der Waals surface area contributed by atoms with Gasteiger partial charge in [-0.25, -0.2) is 4.98 Å². The fourth-order valence-electron chi connectivity index (χ4n) is 3.26. The second kappa shape index (κ2) is 9.98. The van der Waals surface area contributed by atoms with E-state index in [-0.39, 0.29) is 11.2 Å². The molecule has 1 heterocycles. The van der Waals surface area contributed by atoms with E-state index in [1.54, 1.807) is 0 Å². The third-order valence-electron chi connectivity index (χ3n) is 4.84. The number of hydrogen-bond donors (Lipinski definition) is 2. The summed E-state index contributed by atoms with van der Waals surface area (Å²) in [6.45, 7) is 2.01. The number of H-pyrrole nitrogens is 1. The highest BCUT2D eigenvalue weighted by Crippen LogP contribution is 2.34. The Kier molecular flexibility index (Phi) is 6.89. The zero-order valence-electron chi connectivity index (χ0n) is 17.0. The summed E-state index contributed by atoms with van der Waals surface area (Å²) in [6.07, 6.45) is 0.684. The van der Waals surface area contributed by atoms with Crippen LogP contribution in [0.4, 0.5) is 5.69 Å². The lowest BCUT2D eigenvalue weighted by Crippen LogP contribution is -2.24. The number of nitrogens with zero attached hydrogens (tertiary/aromatic N) is 1. The second-order valence-corrected chi connectivity index (χ2v) is 9.03.